The van der Waals surface area contributed by atoms with E-state index in [4.69, 9.17) is 45.9 Å². The van der Waals surface area contributed by atoms with Gasteiger partial charge in [-0.15, -0.1) is 0 Å². The fourth-order valence-electron chi connectivity index (χ4n) is 4.27. The largest absolute Gasteiger partial charge is 0.375 e. The first-order chi connectivity index (χ1) is 18.0. The van der Waals surface area contributed by atoms with Crippen LogP contribution < -0.4 is 17.5 Å². The lowest BCUT2D eigenvalue weighted by molar-refractivity contribution is -0.372. The Morgan fingerprint density at radius 3 is 0.590 bits per heavy atom. The minimum atomic E-state index is -1.20. The molecule has 1 aliphatic heterocycles. The zero-order chi connectivity index (χ0) is 30.2. The van der Waals surface area contributed by atoms with Crippen molar-refractivity contribution >= 4 is 0 Å². The van der Waals surface area contributed by atoms with E-state index in [9.17, 15) is 0 Å². The van der Waals surface area contributed by atoms with Gasteiger partial charge in [0.1, 0.15) is 0 Å². The molecule has 0 spiro atoms. The molecule has 0 unspecified atom stereocenters. The fourth-order valence-corrected chi connectivity index (χ4v) is 4.27. The maximum absolute atomic E-state index is 7.14. The lowest BCUT2D eigenvalue weighted by Crippen LogP contribution is -2.95. The Morgan fingerprint density at radius 1 is 0.359 bits per heavy atom. The fraction of sp³-hybridized carbons (Fsp3) is 1.00. The maximum atomic E-state index is 7.14. The number of nitrogens with two attached hydrogens (primary N) is 3. The molecular weight excluding hydrogens is 504 g/mol. The SMILES string of the molecule is CC(C)OCC1(COC(C)C)N(N)C(COC(C)C)(COC(C)C)N(N)C(COC(C)C)(COC(C)C)N1N. The zero-order valence-corrected chi connectivity index (χ0v) is 26.7. The van der Waals surface area contributed by atoms with Gasteiger partial charge < -0.3 is 28.4 Å². The molecule has 12 nitrogen and oxygen atoms in total. The third kappa shape index (κ3) is 9.25. The summed E-state index contributed by atoms with van der Waals surface area (Å²) in [5.74, 6) is 21.4. The molecule has 1 fully saturated rings. The molecule has 1 rings (SSSR count). The van der Waals surface area contributed by atoms with Crippen molar-refractivity contribution in [2.45, 2.75) is 137 Å². The summed E-state index contributed by atoms with van der Waals surface area (Å²) in [6.07, 6.45) is -0.583. The number of hydrogen-bond acceptors (Lipinski definition) is 12. The molecule has 0 aliphatic carbocycles. The highest BCUT2D eigenvalue weighted by Crippen LogP contribution is 2.42. The summed E-state index contributed by atoms with van der Waals surface area (Å²) >= 11 is 0. The third-order valence-electron chi connectivity index (χ3n) is 6.58. The van der Waals surface area contributed by atoms with E-state index in [1.54, 1.807) is 15.0 Å². The lowest BCUT2D eigenvalue weighted by atomic mass is 9.92. The summed E-state index contributed by atoms with van der Waals surface area (Å²) in [5, 5.41) is 4.83. The standard InChI is InChI=1S/C27H60N6O6/c1-19(2)34-13-25(14-35-20(3)4)31(28)26(15-36-21(5)6,16-37-22(7)8)33(30)27(32(25)29,17-38-23(9)10)18-39-24(11)12/h19-24H,13-18,28-30H2,1-12H3. The monoisotopic (exact) mass is 564 g/mol. The van der Waals surface area contributed by atoms with Gasteiger partial charge >= 0.3 is 0 Å². The second kappa shape index (κ2) is 15.7. The van der Waals surface area contributed by atoms with Crippen molar-refractivity contribution < 1.29 is 28.4 Å². The van der Waals surface area contributed by atoms with E-state index in [0.717, 1.165) is 0 Å². The van der Waals surface area contributed by atoms with Crippen molar-refractivity contribution in [2.75, 3.05) is 39.6 Å². The van der Waals surface area contributed by atoms with Gasteiger partial charge in [-0.05, 0) is 83.1 Å². The summed E-state index contributed by atoms with van der Waals surface area (Å²) in [5.41, 5.74) is -3.61. The predicted octanol–water partition coefficient (Wildman–Crippen LogP) is 2.17. The number of hydrogen-bond donors (Lipinski definition) is 3. The van der Waals surface area contributed by atoms with Gasteiger partial charge in [0.25, 0.3) is 0 Å². The van der Waals surface area contributed by atoms with E-state index in [1.165, 1.54) is 0 Å². The van der Waals surface area contributed by atoms with Crippen molar-refractivity contribution in [2.24, 2.45) is 17.5 Å². The van der Waals surface area contributed by atoms with Crippen molar-refractivity contribution in [1.29, 1.82) is 0 Å². The van der Waals surface area contributed by atoms with Gasteiger partial charge in [0, 0.05) is 0 Å². The normalized spacial score (nSPS) is 20.5. The Bertz CT molecular complexity index is 549. The van der Waals surface area contributed by atoms with E-state index >= 15 is 0 Å². The van der Waals surface area contributed by atoms with Gasteiger partial charge in [-0.2, -0.15) is 15.0 Å². The molecule has 0 aromatic heterocycles. The third-order valence-corrected chi connectivity index (χ3v) is 6.58. The molecule has 1 aliphatic rings. The highest BCUT2D eigenvalue weighted by molar-refractivity contribution is 5.11. The molecular formula is C27H60N6O6. The second-order valence-electron chi connectivity index (χ2n) is 12.2. The molecule has 0 radical (unpaired) electrons. The van der Waals surface area contributed by atoms with Crippen LogP contribution in [0.1, 0.15) is 83.1 Å². The highest BCUT2D eigenvalue weighted by atomic mass is 16.5. The Morgan fingerprint density at radius 2 is 0.487 bits per heavy atom. The van der Waals surface area contributed by atoms with Gasteiger partial charge in [0.2, 0.25) is 0 Å². The number of nitrogens with zero attached hydrogens (tertiary/aromatic N) is 3. The Labute approximate surface area is 237 Å². The van der Waals surface area contributed by atoms with Crippen LogP contribution in [0.15, 0.2) is 0 Å². The van der Waals surface area contributed by atoms with Crippen LogP contribution in [0.4, 0.5) is 0 Å². The van der Waals surface area contributed by atoms with Crippen LogP contribution in [0.3, 0.4) is 0 Å². The van der Waals surface area contributed by atoms with Crippen LogP contribution in [-0.2, 0) is 28.4 Å². The minimum absolute atomic E-state index is 0.0971. The van der Waals surface area contributed by atoms with Crippen LogP contribution in [0.2, 0.25) is 0 Å². The second-order valence-corrected chi connectivity index (χ2v) is 12.2. The summed E-state index contributed by atoms with van der Waals surface area (Å²) in [4.78, 5) is 0. The molecule has 1 saturated heterocycles. The van der Waals surface area contributed by atoms with Crippen LogP contribution in [-0.4, -0.2) is 108 Å². The molecule has 39 heavy (non-hydrogen) atoms. The van der Waals surface area contributed by atoms with E-state index in [0.29, 0.717) is 0 Å². The first-order valence-corrected chi connectivity index (χ1v) is 14.3. The van der Waals surface area contributed by atoms with Crippen LogP contribution >= 0.6 is 0 Å². The maximum Gasteiger partial charge on any atom is 0.150 e. The Hall–Kier alpha value is -0.480. The summed E-state index contributed by atoms with van der Waals surface area (Å²) in [7, 11) is 0. The van der Waals surface area contributed by atoms with Gasteiger partial charge in [-0.1, -0.05) is 0 Å². The van der Waals surface area contributed by atoms with Crippen LogP contribution in [0.5, 0.6) is 0 Å². The topological polar surface area (TPSA) is 143 Å². The van der Waals surface area contributed by atoms with Crippen molar-refractivity contribution in [3.8, 4) is 0 Å². The number of rotatable bonds is 18. The molecule has 0 bridgehead atoms. The van der Waals surface area contributed by atoms with Crippen LogP contribution in [0.25, 0.3) is 0 Å². The molecule has 1 heterocycles. The van der Waals surface area contributed by atoms with E-state index in [-0.39, 0.29) is 76.3 Å². The molecule has 6 N–H and O–H groups in total. The quantitative estimate of drug-likeness (QED) is 0.210. The Balaban J connectivity index is 4.01. The summed E-state index contributed by atoms with van der Waals surface area (Å²) < 4.78 is 37.4. The van der Waals surface area contributed by atoms with E-state index in [1.807, 2.05) is 83.1 Å². The molecule has 0 aromatic rings. The summed E-state index contributed by atoms with van der Waals surface area (Å²) in [6.45, 7) is 24.3. The van der Waals surface area contributed by atoms with Crippen molar-refractivity contribution in [3.05, 3.63) is 0 Å². The average molecular weight is 565 g/mol. The Kier molecular flexibility index (Phi) is 14.7. The first kappa shape index (κ1) is 36.5. The average Bonchev–Trinajstić information content (AvgIpc) is 2.82. The molecule has 0 amide bonds. The smallest absolute Gasteiger partial charge is 0.150 e. The van der Waals surface area contributed by atoms with E-state index in [2.05, 4.69) is 0 Å². The van der Waals surface area contributed by atoms with E-state index < -0.39 is 17.0 Å². The molecule has 0 aromatic carbocycles. The summed E-state index contributed by atoms with van der Waals surface area (Å²) in [6, 6.07) is 0. The minimum Gasteiger partial charge on any atom is -0.375 e. The van der Waals surface area contributed by atoms with Gasteiger partial charge in [-0.3, -0.25) is 17.5 Å². The molecule has 234 valence electrons. The molecule has 0 saturated carbocycles. The van der Waals surface area contributed by atoms with Gasteiger partial charge in [0.15, 0.2) is 17.0 Å². The van der Waals surface area contributed by atoms with Gasteiger partial charge in [-0.25, -0.2) is 0 Å². The highest BCUT2D eigenvalue weighted by Gasteiger charge is 2.68. The van der Waals surface area contributed by atoms with Gasteiger partial charge in [0.05, 0.1) is 76.3 Å². The first-order valence-electron chi connectivity index (χ1n) is 14.3. The number of ether oxygens (including phenoxy) is 6. The lowest BCUT2D eigenvalue weighted by Gasteiger charge is -2.68. The molecule has 12 heteroatoms. The van der Waals surface area contributed by atoms with Crippen molar-refractivity contribution in [3.63, 3.8) is 0 Å². The zero-order valence-electron chi connectivity index (χ0n) is 26.7. The number of hydrazine groups is 3. The van der Waals surface area contributed by atoms with Crippen molar-refractivity contribution in [1.82, 2.24) is 15.0 Å². The molecule has 0 atom stereocenters. The van der Waals surface area contributed by atoms with Crippen LogP contribution in [0, 0.1) is 0 Å². The predicted molar refractivity (Wildman–Crippen MR) is 153 cm³/mol.